The molecule has 0 unspecified atom stereocenters. The van der Waals surface area contributed by atoms with Crippen LogP contribution in [0.3, 0.4) is 0 Å². The zero-order valence-corrected chi connectivity index (χ0v) is 14.9. The van der Waals surface area contributed by atoms with Crippen molar-refractivity contribution in [1.29, 1.82) is 0 Å². The molecule has 3 rings (SSSR count). The third-order valence-corrected chi connectivity index (χ3v) is 6.91. The monoisotopic (exact) mass is 350 g/mol. The molecule has 1 N–H and O–H groups in total. The summed E-state index contributed by atoms with van der Waals surface area (Å²) in [6.07, 6.45) is 8.64. The molecule has 6 heteroatoms. The summed E-state index contributed by atoms with van der Waals surface area (Å²) in [6, 6.07) is 7.09. The maximum Gasteiger partial charge on any atom is 0.235 e. The van der Waals surface area contributed by atoms with Crippen LogP contribution >= 0.6 is 0 Å². The van der Waals surface area contributed by atoms with Crippen LogP contribution in [0.25, 0.3) is 0 Å². The molecule has 1 heterocycles. The molecule has 5 nitrogen and oxygen atoms in total. The lowest BCUT2D eigenvalue weighted by Crippen LogP contribution is -2.25. The first-order valence-electron chi connectivity index (χ1n) is 8.95. The average Bonchev–Trinajstić information content (AvgIpc) is 2.94. The van der Waals surface area contributed by atoms with E-state index in [9.17, 15) is 13.2 Å². The Morgan fingerprint density at radius 1 is 1.08 bits per heavy atom. The first kappa shape index (κ1) is 17.3. The summed E-state index contributed by atoms with van der Waals surface area (Å²) in [5, 5.41) is 2.91. The lowest BCUT2D eigenvalue weighted by molar-refractivity contribution is -0.116. The second-order valence-electron chi connectivity index (χ2n) is 6.88. The highest BCUT2D eigenvalue weighted by Gasteiger charge is 2.28. The Hall–Kier alpha value is -1.56. The number of anilines is 2. The van der Waals surface area contributed by atoms with Crippen LogP contribution in [0.5, 0.6) is 0 Å². The van der Waals surface area contributed by atoms with Gasteiger partial charge in [0.25, 0.3) is 0 Å². The summed E-state index contributed by atoms with van der Waals surface area (Å²) in [6.45, 7) is 0.537. The fourth-order valence-electron chi connectivity index (χ4n) is 3.68. The van der Waals surface area contributed by atoms with Gasteiger partial charge in [-0.3, -0.25) is 9.10 Å². The Morgan fingerprint density at radius 3 is 2.42 bits per heavy atom. The summed E-state index contributed by atoms with van der Waals surface area (Å²) >= 11 is 0. The number of sulfonamides is 1. The van der Waals surface area contributed by atoms with Gasteiger partial charge in [0, 0.05) is 18.7 Å². The van der Waals surface area contributed by atoms with E-state index < -0.39 is 10.0 Å². The number of amides is 1. The van der Waals surface area contributed by atoms with E-state index in [1.807, 2.05) is 0 Å². The molecule has 24 heavy (non-hydrogen) atoms. The minimum absolute atomic E-state index is 0.0436. The molecule has 2 fully saturated rings. The van der Waals surface area contributed by atoms with Crippen LogP contribution in [0.2, 0.25) is 0 Å². The van der Waals surface area contributed by atoms with Gasteiger partial charge in [0.05, 0.1) is 11.4 Å². The van der Waals surface area contributed by atoms with Crippen molar-refractivity contribution >= 4 is 27.3 Å². The average molecular weight is 350 g/mol. The lowest BCUT2D eigenvalue weighted by atomic mass is 9.86. The SMILES string of the molecule is O=C(CCC1CCCCC1)Nc1ccc(N2CCCS2(=O)=O)cc1. The molecule has 0 spiro atoms. The minimum atomic E-state index is -3.15. The Labute approximate surface area is 144 Å². The molecular weight excluding hydrogens is 324 g/mol. The van der Waals surface area contributed by atoms with Gasteiger partial charge in [-0.05, 0) is 43.0 Å². The molecule has 1 aliphatic carbocycles. The number of rotatable bonds is 5. The quantitative estimate of drug-likeness (QED) is 0.883. The van der Waals surface area contributed by atoms with Crippen molar-refractivity contribution in [2.75, 3.05) is 21.9 Å². The Bertz CT molecular complexity index is 664. The molecule has 2 aliphatic rings. The third kappa shape index (κ3) is 4.29. The molecule has 1 saturated carbocycles. The molecule has 132 valence electrons. The topological polar surface area (TPSA) is 66.5 Å². The van der Waals surface area contributed by atoms with Gasteiger partial charge in [-0.2, -0.15) is 0 Å². The van der Waals surface area contributed by atoms with E-state index in [4.69, 9.17) is 0 Å². The van der Waals surface area contributed by atoms with E-state index in [2.05, 4.69) is 5.32 Å². The van der Waals surface area contributed by atoms with Gasteiger partial charge in [-0.15, -0.1) is 0 Å². The number of nitrogens with zero attached hydrogens (tertiary/aromatic N) is 1. The first-order chi connectivity index (χ1) is 11.5. The van der Waals surface area contributed by atoms with Crippen molar-refractivity contribution in [2.45, 2.75) is 51.4 Å². The van der Waals surface area contributed by atoms with Crippen molar-refractivity contribution in [3.63, 3.8) is 0 Å². The van der Waals surface area contributed by atoms with Crippen molar-refractivity contribution in [1.82, 2.24) is 0 Å². The number of benzene rings is 1. The van der Waals surface area contributed by atoms with Gasteiger partial charge in [0.15, 0.2) is 0 Å². The van der Waals surface area contributed by atoms with Crippen LogP contribution in [0.4, 0.5) is 11.4 Å². The Balaban J connectivity index is 1.51. The van der Waals surface area contributed by atoms with Gasteiger partial charge >= 0.3 is 0 Å². The van der Waals surface area contributed by atoms with Gasteiger partial charge in [-0.25, -0.2) is 8.42 Å². The van der Waals surface area contributed by atoms with Crippen molar-refractivity contribution in [3.8, 4) is 0 Å². The van der Waals surface area contributed by atoms with E-state index in [1.165, 1.54) is 36.4 Å². The van der Waals surface area contributed by atoms with E-state index in [-0.39, 0.29) is 11.7 Å². The molecule has 0 aromatic heterocycles. The van der Waals surface area contributed by atoms with E-state index in [0.717, 1.165) is 12.1 Å². The van der Waals surface area contributed by atoms with Gasteiger partial charge in [-0.1, -0.05) is 32.1 Å². The normalized spacial score (nSPS) is 20.9. The fourth-order valence-corrected chi connectivity index (χ4v) is 5.24. The largest absolute Gasteiger partial charge is 0.326 e. The molecule has 1 saturated heterocycles. The highest BCUT2D eigenvalue weighted by Crippen LogP contribution is 2.28. The molecule has 1 aromatic carbocycles. The van der Waals surface area contributed by atoms with Crippen LogP contribution in [0, 0.1) is 5.92 Å². The van der Waals surface area contributed by atoms with Crippen LogP contribution in [0.15, 0.2) is 24.3 Å². The molecule has 0 radical (unpaired) electrons. The van der Waals surface area contributed by atoms with E-state index >= 15 is 0 Å². The highest BCUT2D eigenvalue weighted by atomic mass is 32.2. The smallest absolute Gasteiger partial charge is 0.235 e. The second-order valence-corrected chi connectivity index (χ2v) is 8.89. The summed E-state index contributed by atoms with van der Waals surface area (Å²) < 4.78 is 25.3. The standard InChI is InChI=1S/C18H26N2O3S/c21-18(12-7-15-5-2-1-3-6-15)19-16-8-10-17(11-9-16)20-13-4-14-24(20,22)23/h8-11,15H,1-7,12-14H2,(H,19,21). The van der Waals surface area contributed by atoms with Gasteiger partial charge < -0.3 is 5.32 Å². The van der Waals surface area contributed by atoms with E-state index in [1.54, 1.807) is 24.3 Å². The third-order valence-electron chi connectivity index (χ3n) is 5.04. The number of nitrogens with one attached hydrogen (secondary N) is 1. The molecule has 1 amide bonds. The second kappa shape index (κ2) is 7.55. The fraction of sp³-hybridized carbons (Fsp3) is 0.611. The van der Waals surface area contributed by atoms with Crippen LogP contribution in [-0.2, 0) is 14.8 Å². The highest BCUT2D eigenvalue weighted by molar-refractivity contribution is 7.93. The van der Waals surface area contributed by atoms with Crippen molar-refractivity contribution < 1.29 is 13.2 Å². The molecule has 1 aliphatic heterocycles. The first-order valence-corrected chi connectivity index (χ1v) is 10.6. The number of carbonyl (C=O) groups is 1. The summed E-state index contributed by atoms with van der Waals surface area (Å²) in [5.74, 6) is 0.960. The zero-order chi connectivity index (χ0) is 17.0. The number of hydrogen-bond acceptors (Lipinski definition) is 3. The summed E-state index contributed by atoms with van der Waals surface area (Å²) in [4.78, 5) is 12.1. The summed E-state index contributed by atoms with van der Waals surface area (Å²) in [7, 11) is -3.15. The number of hydrogen-bond donors (Lipinski definition) is 1. The van der Waals surface area contributed by atoms with Gasteiger partial charge in [0.2, 0.25) is 15.9 Å². The maximum absolute atomic E-state index is 12.1. The maximum atomic E-state index is 12.1. The van der Waals surface area contributed by atoms with E-state index in [0.29, 0.717) is 31.0 Å². The lowest BCUT2D eigenvalue weighted by Gasteiger charge is -2.21. The molecule has 1 aromatic rings. The predicted octanol–water partition coefficient (Wildman–Crippen LogP) is 3.53. The predicted molar refractivity (Wildman–Crippen MR) is 96.6 cm³/mol. The Morgan fingerprint density at radius 2 is 1.79 bits per heavy atom. The minimum Gasteiger partial charge on any atom is -0.326 e. The number of carbonyl (C=O) groups excluding carboxylic acids is 1. The van der Waals surface area contributed by atoms with Crippen LogP contribution < -0.4 is 9.62 Å². The van der Waals surface area contributed by atoms with Crippen LogP contribution in [0.1, 0.15) is 51.4 Å². The molecule has 0 atom stereocenters. The zero-order valence-electron chi connectivity index (χ0n) is 14.0. The van der Waals surface area contributed by atoms with Crippen LogP contribution in [-0.4, -0.2) is 26.6 Å². The summed E-state index contributed by atoms with van der Waals surface area (Å²) in [5.41, 5.74) is 1.40. The van der Waals surface area contributed by atoms with Gasteiger partial charge in [0.1, 0.15) is 0 Å². The molecule has 0 bridgehead atoms. The molecular formula is C18H26N2O3S. The Kier molecular flexibility index (Phi) is 5.43. The van der Waals surface area contributed by atoms with Crippen molar-refractivity contribution in [2.24, 2.45) is 5.92 Å². The van der Waals surface area contributed by atoms with Crippen molar-refractivity contribution in [3.05, 3.63) is 24.3 Å².